The molecule has 23 heavy (non-hydrogen) atoms. The van der Waals surface area contributed by atoms with Gasteiger partial charge < -0.3 is 19.3 Å². The maximum atomic E-state index is 11.8. The van der Waals surface area contributed by atoms with Gasteiger partial charge in [0, 0.05) is 11.5 Å². The molecule has 126 valence electrons. The molecule has 0 aromatic heterocycles. The van der Waals surface area contributed by atoms with Crippen molar-refractivity contribution in [3.05, 3.63) is 12.2 Å². The van der Waals surface area contributed by atoms with Gasteiger partial charge in [0.15, 0.2) is 12.5 Å². The molecule has 0 spiro atoms. The minimum Gasteiger partial charge on any atom is -0.481 e. The molecular formula is C15H18O8. The molecule has 0 aromatic carbocycles. The Morgan fingerprint density at radius 3 is 2.61 bits per heavy atom. The van der Waals surface area contributed by atoms with Crippen LogP contribution < -0.4 is 0 Å². The van der Waals surface area contributed by atoms with Crippen molar-refractivity contribution in [1.82, 2.24) is 0 Å². The van der Waals surface area contributed by atoms with Crippen LogP contribution in [0, 0.1) is 17.8 Å². The monoisotopic (exact) mass is 326 g/mol. The molecular weight excluding hydrogens is 308 g/mol. The Kier molecular flexibility index (Phi) is 4.72. The second kappa shape index (κ2) is 6.39. The smallest absolute Gasteiger partial charge is 0.344 e. The fraction of sp³-hybridized carbons (Fsp3) is 0.600. The van der Waals surface area contributed by atoms with Crippen molar-refractivity contribution < 1.29 is 38.5 Å². The molecule has 2 aliphatic rings. The van der Waals surface area contributed by atoms with Gasteiger partial charge in [-0.3, -0.25) is 9.59 Å². The summed E-state index contributed by atoms with van der Waals surface area (Å²) < 4.78 is 15.0. The Bertz CT molecular complexity index is 566. The van der Waals surface area contributed by atoms with E-state index in [0.717, 1.165) is 0 Å². The first-order chi connectivity index (χ1) is 10.7. The van der Waals surface area contributed by atoms with Crippen molar-refractivity contribution in [3.63, 3.8) is 0 Å². The first-order valence-corrected chi connectivity index (χ1v) is 7.17. The van der Waals surface area contributed by atoms with E-state index in [1.807, 2.05) is 0 Å². The predicted octanol–water partition coefficient (Wildman–Crippen LogP) is 0.300. The van der Waals surface area contributed by atoms with E-state index in [9.17, 15) is 24.3 Å². The summed E-state index contributed by atoms with van der Waals surface area (Å²) in [5, 5.41) is 9.18. The van der Waals surface area contributed by atoms with Crippen LogP contribution in [-0.2, 0) is 33.4 Å². The number of carboxylic acids is 1. The summed E-state index contributed by atoms with van der Waals surface area (Å²) in [6.07, 6.45) is -1.12. The molecule has 2 rings (SSSR count). The van der Waals surface area contributed by atoms with Crippen LogP contribution >= 0.6 is 0 Å². The molecule has 5 unspecified atom stereocenters. The summed E-state index contributed by atoms with van der Waals surface area (Å²) in [7, 11) is 0. The molecule has 1 saturated carbocycles. The van der Waals surface area contributed by atoms with E-state index in [1.165, 1.54) is 6.92 Å². The predicted molar refractivity (Wildman–Crippen MR) is 73.9 cm³/mol. The number of aliphatic carboxylic acids is 1. The Balaban J connectivity index is 2.03. The average molecular weight is 326 g/mol. The summed E-state index contributed by atoms with van der Waals surface area (Å²) in [6, 6.07) is 0. The van der Waals surface area contributed by atoms with E-state index in [0.29, 0.717) is 6.42 Å². The summed E-state index contributed by atoms with van der Waals surface area (Å²) >= 11 is 0. The summed E-state index contributed by atoms with van der Waals surface area (Å²) in [5.41, 5.74) is 0.143. The normalized spacial score (nSPS) is 31.9. The van der Waals surface area contributed by atoms with E-state index in [-0.39, 0.29) is 11.5 Å². The van der Waals surface area contributed by atoms with Crippen molar-refractivity contribution in [1.29, 1.82) is 0 Å². The minimum atomic E-state index is -1.35. The third-order valence-electron chi connectivity index (χ3n) is 4.09. The number of carboxylic acid groups (broad SMARTS) is 1. The second-order valence-electron chi connectivity index (χ2n) is 5.91. The van der Waals surface area contributed by atoms with Crippen LogP contribution in [-0.4, -0.2) is 47.8 Å². The molecule has 1 N–H and O–H groups in total. The van der Waals surface area contributed by atoms with Crippen molar-refractivity contribution in [2.24, 2.45) is 17.8 Å². The molecule has 8 heteroatoms. The van der Waals surface area contributed by atoms with Gasteiger partial charge in [-0.15, -0.1) is 0 Å². The van der Waals surface area contributed by atoms with Crippen molar-refractivity contribution >= 4 is 23.9 Å². The average Bonchev–Trinajstić information content (AvgIpc) is 2.65. The van der Waals surface area contributed by atoms with Gasteiger partial charge in [0.1, 0.15) is 12.2 Å². The molecule has 0 radical (unpaired) electrons. The van der Waals surface area contributed by atoms with Gasteiger partial charge in [-0.25, -0.2) is 9.59 Å². The molecule has 2 fully saturated rings. The molecule has 1 aliphatic heterocycles. The number of rotatable bonds is 5. The number of carbonyl (C=O) groups is 4. The van der Waals surface area contributed by atoms with Gasteiger partial charge in [-0.1, -0.05) is 13.5 Å². The third kappa shape index (κ3) is 3.35. The van der Waals surface area contributed by atoms with Gasteiger partial charge in [-0.05, 0) is 19.3 Å². The highest BCUT2D eigenvalue weighted by Crippen LogP contribution is 2.44. The zero-order valence-corrected chi connectivity index (χ0v) is 12.8. The summed E-state index contributed by atoms with van der Waals surface area (Å²) in [5.74, 6) is -5.78. The standard InChI is InChI=1S/C15H18O8/c1-6(2)14(19)21-5-9(16)22-12-8-4-7(3)11(12)23-15(20)10(8)13(17)18/h7-8,10-12H,1,4-5H2,2-3H3,(H,17,18). The quantitative estimate of drug-likeness (QED) is 0.332. The highest BCUT2D eigenvalue weighted by Gasteiger charge is 2.58. The van der Waals surface area contributed by atoms with Gasteiger partial charge in [0.25, 0.3) is 0 Å². The topological polar surface area (TPSA) is 116 Å². The second-order valence-corrected chi connectivity index (χ2v) is 5.91. The molecule has 8 nitrogen and oxygen atoms in total. The van der Waals surface area contributed by atoms with Gasteiger partial charge >= 0.3 is 23.9 Å². The number of hydrogen-bond acceptors (Lipinski definition) is 7. The van der Waals surface area contributed by atoms with Crippen molar-refractivity contribution in [2.45, 2.75) is 32.5 Å². The zero-order chi connectivity index (χ0) is 17.3. The number of ether oxygens (including phenoxy) is 3. The van der Waals surface area contributed by atoms with E-state index in [1.54, 1.807) is 6.92 Å². The Morgan fingerprint density at radius 2 is 2.04 bits per heavy atom. The number of esters is 3. The van der Waals surface area contributed by atoms with Crippen molar-refractivity contribution in [2.75, 3.05) is 6.61 Å². The Hall–Kier alpha value is -2.38. The fourth-order valence-electron chi connectivity index (χ4n) is 3.03. The zero-order valence-electron chi connectivity index (χ0n) is 12.8. The van der Waals surface area contributed by atoms with Gasteiger partial charge in [-0.2, -0.15) is 0 Å². The van der Waals surface area contributed by atoms with Crippen LogP contribution in [0.1, 0.15) is 20.3 Å². The maximum Gasteiger partial charge on any atom is 0.344 e. The first-order valence-electron chi connectivity index (χ1n) is 7.17. The molecule has 1 aliphatic carbocycles. The highest BCUT2D eigenvalue weighted by atomic mass is 16.6. The molecule has 2 bridgehead atoms. The van der Waals surface area contributed by atoms with Crippen LogP contribution in [0.2, 0.25) is 0 Å². The third-order valence-corrected chi connectivity index (χ3v) is 4.09. The van der Waals surface area contributed by atoms with E-state index < -0.39 is 54.5 Å². The molecule has 0 aromatic rings. The largest absolute Gasteiger partial charge is 0.481 e. The molecule has 0 amide bonds. The first kappa shape index (κ1) is 17.0. The SMILES string of the molecule is C=C(C)C(=O)OCC(=O)OC1C2CC(C)C1OC(=O)C2C(=O)O. The van der Waals surface area contributed by atoms with Crippen LogP contribution in [0.25, 0.3) is 0 Å². The minimum absolute atomic E-state index is 0.121. The number of carbonyl (C=O) groups excluding carboxylic acids is 3. The summed E-state index contributed by atoms with van der Waals surface area (Å²) in [6.45, 7) is 6.01. The lowest BCUT2D eigenvalue weighted by atomic mass is 9.87. The highest BCUT2D eigenvalue weighted by molar-refractivity contribution is 5.95. The van der Waals surface area contributed by atoms with E-state index >= 15 is 0 Å². The lowest BCUT2D eigenvalue weighted by molar-refractivity contribution is -0.193. The van der Waals surface area contributed by atoms with Crippen molar-refractivity contribution in [3.8, 4) is 0 Å². The Labute approximate surface area is 132 Å². The fourth-order valence-corrected chi connectivity index (χ4v) is 3.03. The van der Waals surface area contributed by atoms with Gasteiger partial charge in [0.05, 0.1) is 0 Å². The lowest BCUT2D eigenvalue weighted by Crippen LogP contribution is -2.49. The summed E-state index contributed by atoms with van der Waals surface area (Å²) in [4.78, 5) is 46.0. The van der Waals surface area contributed by atoms with Crippen LogP contribution in [0.3, 0.4) is 0 Å². The maximum absolute atomic E-state index is 11.8. The molecule has 1 heterocycles. The number of fused-ring (bicyclic) bond motifs is 2. The molecule has 1 saturated heterocycles. The number of hydrogen-bond donors (Lipinski definition) is 1. The van der Waals surface area contributed by atoms with Gasteiger partial charge in [0.2, 0.25) is 0 Å². The molecule has 5 atom stereocenters. The van der Waals surface area contributed by atoms with Crippen LogP contribution in [0.15, 0.2) is 12.2 Å². The van der Waals surface area contributed by atoms with E-state index in [4.69, 9.17) is 9.47 Å². The van der Waals surface area contributed by atoms with Crippen LogP contribution in [0.5, 0.6) is 0 Å². The lowest BCUT2D eigenvalue weighted by Gasteiger charge is -2.33. The van der Waals surface area contributed by atoms with Crippen LogP contribution in [0.4, 0.5) is 0 Å². The van der Waals surface area contributed by atoms with E-state index in [2.05, 4.69) is 11.3 Å². The Morgan fingerprint density at radius 1 is 1.39 bits per heavy atom.